The van der Waals surface area contributed by atoms with Gasteiger partial charge in [0.1, 0.15) is 5.82 Å². The minimum absolute atomic E-state index is 0.000428. The lowest BCUT2D eigenvalue weighted by molar-refractivity contribution is -0.890. The van der Waals surface area contributed by atoms with Crippen LogP contribution in [0.3, 0.4) is 0 Å². The van der Waals surface area contributed by atoms with Crippen molar-refractivity contribution < 1.29 is 24.3 Å². The van der Waals surface area contributed by atoms with E-state index in [1.807, 2.05) is 48.4 Å². The van der Waals surface area contributed by atoms with Crippen LogP contribution in [-0.4, -0.2) is 90.3 Å². The molecule has 4 bridgehead atoms. The summed E-state index contributed by atoms with van der Waals surface area (Å²) in [6, 6.07) is 11.8. The Hall–Kier alpha value is -4.95. The predicted octanol–water partition coefficient (Wildman–Crippen LogP) is 9.19. The summed E-state index contributed by atoms with van der Waals surface area (Å²) in [5.41, 5.74) is 6.26. The van der Waals surface area contributed by atoms with Crippen molar-refractivity contribution in [3.8, 4) is 11.1 Å². The number of fused-ring (bicyclic) bond motifs is 2. The largest absolute Gasteiger partial charge is 0.481 e. The molecule has 316 valence electrons. The average molecular weight is 833 g/mol. The van der Waals surface area contributed by atoms with Crippen LogP contribution in [-0.2, 0) is 17.8 Å². The second-order valence-corrected chi connectivity index (χ2v) is 21.4. The van der Waals surface area contributed by atoms with Crippen LogP contribution in [0.2, 0.25) is 0 Å². The predicted molar refractivity (Wildman–Crippen MR) is 234 cm³/mol. The standard InChI is InChI=1S/C46H57N9O4S/c1-29-31-11-9-18-53(40(31)52-51-39(29)50-42-48-34-12-7-8-13-35(34)60-42)36-15-14-32(38(49-36)41(58)59)33-21-47-54(30(33)2)28-46-25-43(3)22-44(4,26-46)24-45(23-43,27-46)17-10-19-55(5,6)20-16-37(56)57/h7-8,12-15,21H,9-11,16-20,22-28H2,1-6H3,(H2-,48,50,51,56,57,58,59)/p+1. The van der Waals surface area contributed by atoms with Crippen LogP contribution in [0.15, 0.2) is 42.6 Å². The maximum Gasteiger partial charge on any atom is 0.355 e. The number of aromatic nitrogens is 6. The molecule has 2 atom stereocenters. The lowest BCUT2D eigenvalue weighted by Crippen LogP contribution is -2.60. The number of carboxylic acid groups (broad SMARTS) is 2. The zero-order valence-electron chi connectivity index (χ0n) is 35.8. The van der Waals surface area contributed by atoms with Crippen molar-refractivity contribution in [3.05, 3.63) is 65.1 Å². The molecule has 10 rings (SSSR count). The van der Waals surface area contributed by atoms with Gasteiger partial charge in [-0.3, -0.25) is 9.48 Å². The minimum Gasteiger partial charge on any atom is -0.481 e. The number of anilines is 4. The van der Waals surface area contributed by atoms with Gasteiger partial charge in [0.2, 0.25) is 0 Å². The number of para-hydroxylation sites is 1. The van der Waals surface area contributed by atoms with E-state index in [-0.39, 0.29) is 33.8 Å². The molecular formula is C46H58N9O4S+. The number of hydrogen-bond donors (Lipinski definition) is 3. The van der Waals surface area contributed by atoms with Gasteiger partial charge < -0.3 is 24.9 Å². The first-order chi connectivity index (χ1) is 28.5. The Morgan fingerprint density at radius 3 is 2.38 bits per heavy atom. The lowest BCUT2D eigenvalue weighted by Gasteiger charge is -2.70. The van der Waals surface area contributed by atoms with E-state index >= 15 is 0 Å². The molecule has 5 aromatic rings. The van der Waals surface area contributed by atoms with Crippen molar-refractivity contribution in [3.63, 3.8) is 0 Å². The van der Waals surface area contributed by atoms with Gasteiger partial charge in [-0.1, -0.05) is 37.3 Å². The van der Waals surface area contributed by atoms with E-state index in [1.165, 1.54) is 44.9 Å². The molecule has 2 unspecified atom stereocenters. The van der Waals surface area contributed by atoms with Crippen molar-refractivity contribution in [1.29, 1.82) is 0 Å². The van der Waals surface area contributed by atoms with Gasteiger partial charge in [0, 0.05) is 41.0 Å². The number of nitrogens with zero attached hydrogens (tertiary/aromatic N) is 8. The third kappa shape index (κ3) is 7.54. The van der Waals surface area contributed by atoms with Crippen molar-refractivity contribution in [2.75, 3.05) is 43.9 Å². The minimum atomic E-state index is -1.08. The van der Waals surface area contributed by atoms with E-state index in [0.717, 1.165) is 74.6 Å². The average Bonchev–Trinajstić information content (AvgIpc) is 3.74. The van der Waals surface area contributed by atoms with Crippen molar-refractivity contribution in [2.45, 2.75) is 105 Å². The highest BCUT2D eigenvalue weighted by Crippen LogP contribution is 2.75. The van der Waals surface area contributed by atoms with Gasteiger partial charge in [-0.15, -0.1) is 10.2 Å². The zero-order valence-corrected chi connectivity index (χ0v) is 36.7. The first kappa shape index (κ1) is 40.5. The highest BCUT2D eigenvalue weighted by Gasteiger charge is 2.65. The Balaban J connectivity index is 0.953. The summed E-state index contributed by atoms with van der Waals surface area (Å²) in [7, 11) is 4.32. The smallest absolute Gasteiger partial charge is 0.355 e. The quantitative estimate of drug-likeness (QED) is 0.0916. The van der Waals surface area contributed by atoms with E-state index in [4.69, 9.17) is 15.1 Å². The monoisotopic (exact) mass is 832 g/mol. The number of nitrogens with one attached hydrogen (secondary N) is 1. The first-order valence-corrected chi connectivity index (χ1v) is 22.3. The summed E-state index contributed by atoms with van der Waals surface area (Å²) in [5.74, 6) is 0.0889. The molecule has 1 aliphatic heterocycles. The molecule has 4 aromatic heterocycles. The van der Waals surface area contributed by atoms with Crippen molar-refractivity contribution in [1.82, 2.24) is 29.9 Å². The molecule has 13 nitrogen and oxygen atoms in total. The number of benzene rings is 1. The molecule has 5 aliphatic rings. The third-order valence-electron chi connectivity index (χ3n) is 14.4. The molecule has 4 saturated carbocycles. The molecule has 0 amide bonds. The van der Waals surface area contributed by atoms with Gasteiger partial charge in [-0.25, -0.2) is 14.8 Å². The third-order valence-corrected chi connectivity index (χ3v) is 15.3. The highest BCUT2D eigenvalue weighted by atomic mass is 32.1. The summed E-state index contributed by atoms with van der Waals surface area (Å²) >= 11 is 1.57. The van der Waals surface area contributed by atoms with Crippen molar-refractivity contribution in [2.24, 2.45) is 21.7 Å². The molecule has 4 fully saturated rings. The van der Waals surface area contributed by atoms with Gasteiger partial charge in [0.05, 0.1) is 50.0 Å². The molecule has 0 radical (unpaired) electrons. The molecule has 3 N–H and O–H groups in total. The van der Waals surface area contributed by atoms with Crippen LogP contribution >= 0.6 is 11.3 Å². The number of quaternary nitrogens is 1. The van der Waals surface area contributed by atoms with Gasteiger partial charge >= 0.3 is 11.9 Å². The summed E-state index contributed by atoms with van der Waals surface area (Å²) in [6.45, 7) is 12.2. The van der Waals surface area contributed by atoms with Gasteiger partial charge in [-0.2, -0.15) is 5.10 Å². The van der Waals surface area contributed by atoms with Crippen LogP contribution < -0.4 is 10.2 Å². The fraction of sp³-hybridized carbons (Fsp3) is 0.543. The zero-order chi connectivity index (χ0) is 42.2. The number of hydrogen-bond acceptors (Lipinski definition) is 10. The van der Waals surface area contributed by atoms with E-state index < -0.39 is 11.9 Å². The van der Waals surface area contributed by atoms with Crippen LogP contribution in [0.1, 0.15) is 105 Å². The van der Waals surface area contributed by atoms with Crippen LogP contribution in [0.25, 0.3) is 21.3 Å². The highest BCUT2D eigenvalue weighted by molar-refractivity contribution is 7.22. The summed E-state index contributed by atoms with van der Waals surface area (Å²) in [5, 5.41) is 38.3. The maximum atomic E-state index is 13.0. The SMILES string of the molecule is Cc1c(Nc2nc3ccccc3s2)nnc2c1CCCN2c1ccc(-c2cnn(CC34CC5(C)CC(C)(CC(CCC[N+](C)(C)CCC(=O)O)(C5)C3)C4)c2C)c(C(=O)O)n1. The van der Waals surface area contributed by atoms with E-state index in [2.05, 4.69) is 61.1 Å². The van der Waals surface area contributed by atoms with Gasteiger partial charge in [0.15, 0.2) is 22.5 Å². The normalized spacial score (nSPS) is 25.8. The number of rotatable bonds is 14. The molecule has 0 saturated heterocycles. The number of carbonyl (C=O) groups is 2. The van der Waals surface area contributed by atoms with Gasteiger partial charge in [-0.05, 0) is 124 Å². The Labute approximate surface area is 355 Å². The Kier molecular flexibility index (Phi) is 9.85. The summed E-state index contributed by atoms with van der Waals surface area (Å²) < 4.78 is 3.98. The Morgan fingerprint density at radius 2 is 1.65 bits per heavy atom. The molecule has 4 aliphatic carbocycles. The van der Waals surface area contributed by atoms with E-state index in [9.17, 15) is 19.8 Å². The maximum absolute atomic E-state index is 13.0. The second kappa shape index (κ2) is 14.6. The van der Waals surface area contributed by atoms with Crippen LogP contribution in [0, 0.1) is 35.5 Å². The molecule has 0 spiro atoms. The lowest BCUT2D eigenvalue weighted by atomic mass is 9.35. The topological polar surface area (TPSA) is 159 Å². The molecular weight excluding hydrogens is 775 g/mol. The first-order valence-electron chi connectivity index (χ1n) is 21.5. The Morgan fingerprint density at radius 1 is 0.900 bits per heavy atom. The number of thiazole rings is 1. The van der Waals surface area contributed by atoms with Gasteiger partial charge in [0.25, 0.3) is 0 Å². The second-order valence-electron chi connectivity index (χ2n) is 20.3. The van der Waals surface area contributed by atoms with Crippen LogP contribution in [0.4, 0.5) is 22.6 Å². The number of pyridine rings is 1. The van der Waals surface area contributed by atoms with Crippen molar-refractivity contribution >= 4 is 56.1 Å². The summed E-state index contributed by atoms with van der Waals surface area (Å²) in [6.07, 6.45) is 13.3. The van der Waals surface area contributed by atoms with E-state index in [0.29, 0.717) is 36.1 Å². The van der Waals surface area contributed by atoms with E-state index in [1.54, 1.807) is 11.3 Å². The fourth-order valence-electron chi connectivity index (χ4n) is 13.1. The number of carboxylic acids is 2. The fourth-order valence-corrected chi connectivity index (χ4v) is 14.0. The molecule has 60 heavy (non-hydrogen) atoms. The molecule has 5 heterocycles. The van der Waals surface area contributed by atoms with Crippen LogP contribution in [0.5, 0.6) is 0 Å². The summed E-state index contributed by atoms with van der Waals surface area (Å²) in [4.78, 5) is 35.8. The molecule has 1 aromatic carbocycles. The number of aliphatic carboxylic acids is 1. The molecule has 14 heteroatoms. The number of aromatic carboxylic acids is 1. The Bertz CT molecular complexity index is 2460.